The third kappa shape index (κ3) is 4.55. The van der Waals surface area contributed by atoms with Crippen LogP contribution in [0.1, 0.15) is 44.9 Å². The van der Waals surface area contributed by atoms with Crippen LogP contribution in [-0.2, 0) is 0 Å². The molecule has 1 rings (SSSR count). The van der Waals surface area contributed by atoms with Crippen molar-refractivity contribution in [3.05, 3.63) is 0 Å². The molecule has 0 saturated carbocycles. The first-order chi connectivity index (χ1) is 5.93. The standard InChI is InChI=1S/C10H20N.Li/c1-2-3-7-10-8-5-4-6-9-11-10;/h10-11H,1-9H2;. The van der Waals surface area contributed by atoms with Gasteiger partial charge in [0.05, 0.1) is 0 Å². The molecule has 1 fully saturated rings. The van der Waals surface area contributed by atoms with Crippen LogP contribution in [-0.4, -0.2) is 30.3 Å². The first-order valence-corrected chi connectivity index (χ1v) is 5.67. The first kappa shape index (κ1) is 10.6. The molecule has 1 unspecified atom stereocenters. The molecule has 0 spiro atoms. The van der Waals surface area contributed by atoms with Crippen molar-refractivity contribution in [2.75, 3.05) is 6.54 Å². The van der Waals surface area contributed by atoms with E-state index in [1.54, 1.807) is 0 Å². The molecule has 0 aromatic heterocycles. The zero-order valence-corrected chi connectivity index (χ0v) is 8.44. The average Bonchev–Trinajstić information content (AvgIpc) is 2.33. The summed E-state index contributed by atoms with van der Waals surface area (Å²) < 4.78 is 0. The molecule has 0 aromatic carbocycles. The minimum atomic E-state index is 0.846. The number of hydrogen-bond acceptors (Lipinski definition) is 1. The molecule has 66 valence electrons. The molecule has 1 atom stereocenters. The van der Waals surface area contributed by atoms with E-state index in [1.807, 2.05) is 0 Å². The van der Waals surface area contributed by atoms with Crippen LogP contribution in [0.2, 0.25) is 5.09 Å². The van der Waals surface area contributed by atoms with Crippen molar-refractivity contribution in [2.24, 2.45) is 0 Å². The predicted octanol–water partition coefficient (Wildman–Crippen LogP) is 2.28. The average molecular weight is 161 g/mol. The molecule has 1 nitrogen and oxygen atoms in total. The number of nitrogens with one attached hydrogen (secondary N) is 1. The van der Waals surface area contributed by atoms with E-state index in [0.717, 1.165) is 6.04 Å². The van der Waals surface area contributed by atoms with Gasteiger partial charge in [-0.05, 0) is 0 Å². The predicted molar refractivity (Wildman–Crippen MR) is 54.7 cm³/mol. The molecule has 1 aliphatic heterocycles. The van der Waals surface area contributed by atoms with Crippen LogP contribution in [0.5, 0.6) is 0 Å². The molecular formula is C10H20LiN. The summed E-state index contributed by atoms with van der Waals surface area (Å²) in [6.07, 6.45) is 9.95. The van der Waals surface area contributed by atoms with Crippen LogP contribution < -0.4 is 5.32 Å². The molecule has 1 N–H and O–H groups in total. The van der Waals surface area contributed by atoms with Crippen LogP contribution in [0.4, 0.5) is 0 Å². The zero-order valence-electron chi connectivity index (χ0n) is 8.44. The summed E-state index contributed by atoms with van der Waals surface area (Å²) in [7, 11) is 0. The summed E-state index contributed by atoms with van der Waals surface area (Å²) in [5.74, 6) is 0. The Morgan fingerprint density at radius 3 is 2.92 bits per heavy atom. The molecule has 0 bridgehead atoms. The van der Waals surface area contributed by atoms with Crippen LogP contribution in [0, 0.1) is 0 Å². The van der Waals surface area contributed by atoms with E-state index in [4.69, 9.17) is 0 Å². The van der Waals surface area contributed by atoms with E-state index in [9.17, 15) is 0 Å². The van der Waals surface area contributed by atoms with Gasteiger partial charge >= 0.3 is 85.7 Å². The topological polar surface area (TPSA) is 12.0 Å². The SMILES string of the molecule is [Li][CH2]CCCC1CCCCCN1. The van der Waals surface area contributed by atoms with Crippen LogP contribution in [0.3, 0.4) is 0 Å². The maximum atomic E-state index is 3.64. The number of hydrogen-bond donors (Lipinski definition) is 1. The Morgan fingerprint density at radius 1 is 1.17 bits per heavy atom. The third-order valence-corrected chi connectivity index (χ3v) is 2.82. The summed E-state index contributed by atoms with van der Waals surface area (Å²) in [5.41, 5.74) is 0. The van der Waals surface area contributed by atoms with Gasteiger partial charge in [-0.3, -0.25) is 0 Å². The van der Waals surface area contributed by atoms with Crippen molar-refractivity contribution >= 4 is 17.7 Å². The van der Waals surface area contributed by atoms with E-state index in [2.05, 4.69) is 23.0 Å². The molecular weight excluding hydrogens is 141 g/mol. The van der Waals surface area contributed by atoms with Crippen molar-refractivity contribution in [3.63, 3.8) is 0 Å². The van der Waals surface area contributed by atoms with E-state index in [1.165, 1.54) is 56.6 Å². The van der Waals surface area contributed by atoms with Gasteiger partial charge in [-0.2, -0.15) is 0 Å². The Bertz CT molecular complexity index is 98.0. The van der Waals surface area contributed by atoms with Crippen LogP contribution in [0.25, 0.3) is 0 Å². The summed E-state index contributed by atoms with van der Waals surface area (Å²) in [4.78, 5) is 0. The van der Waals surface area contributed by atoms with E-state index >= 15 is 0 Å². The quantitative estimate of drug-likeness (QED) is 0.492. The van der Waals surface area contributed by atoms with E-state index < -0.39 is 0 Å². The number of unbranched alkanes of at least 4 members (excludes halogenated alkanes) is 1. The summed E-state index contributed by atoms with van der Waals surface area (Å²) in [5, 5.41) is 4.99. The molecule has 0 radical (unpaired) electrons. The van der Waals surface area contributed by atoms with Gasteiger partial charge in [0.15, 0.2) is 0 Å². The fourth-order valence-electron chi connectivity index (χ4n) is 1.99. The summed E-state index contributed by atoms with van der Waals surface area (Å²) in [6, 6.07) is 0.846. The Labute approximate surface area is 85.9 Å². The van der Waals surface area contributed by atoms with Gasteiger partial charge in [0.2, 0.25) is 0 Å². The molecule has 0 aliphatic carbocycles. The first-order valence-electron chi connectivity index (χ1n) is 5.67. The second kappa shape index (κ2) is 7.01. The van der Waals surface area contributed by atoms with Gasteiger partial charge in [-0.1, -0.05) is 0 Å². The summed E-state index contributed by atoms with van der Waals surface area (Å²) >= 11 is 2.28. The Balaban J connectivity index is 2.04. The van der Waals surface area contributed by atoms with E-state index in [0.29, 0.717) is 0 Å². The van der Waals surface area contributed by atoms with Gasteiger partial charge in [0.25, 0.3) is 0 Å². The van der Waals surface area contributed by atoms with Crippen LogP contribution in [0.15, 0.2) is 0 Å². The molecule has 1 saturated heterocycles. The number of rotatable bonds is 4. The second-order valence-electron chi connectivity index (χ2n) is 4.00. The van der Waals surface area contributed by atoms with Crippen molar-refractivity contribution in [3.8, 4) is 0 Å². The molecule has 0 amide bonds. The second-order valence-corrected chi connectivity index (χ2v) is 4.00. The van der Waals surface area contributed by atoms with Gasteiger partial charge in [0, 0.05) is 0 Å². The molecule has 12 heavy (non-hydrogen) atoms. The van der Waals surface area contributed by atoms with Gasteiger partial charge in [-0.15, -0.1) is 0 Å². The normalized spacial score (nSPS) is 25.3. The zero-order chi connectivity index (χ0) is 8.65. The molecule has 2 heteroatoms. The van der Waals surface area contributed by atoms with Gasteiger partial charge in [0.1, 0.15) is 0 Å². The van der Waals surface area contributed by atoms with Crippen molar-refractivity contribution in [1.82, 2.24) is 5.32 Å². The molecule has 1 aliphatic rings. The van der Waals surface area contributed by atoms with Gasteiger partial charge < -0.3 is 0 Å². The van der Waals surface area contributed by atoms with Crippen molar-refractivity contribution in [1.29, 1.82) is 0 Å². The van der Waals surface area contributed by atoms with Crippen LogP contribution >= 0.6 is 0 Å². The van der Waals surface area contributed by atoms with E-state index in [-0.39, 0.29) is 0 Å². The van der Waals surface area contributed by atoms with Crippen molar-refractivity contribution < 1.29 is 0 Å². The Hall–Kier alpha value is 0.557. The molecule has 1 heterocycles. The monoisotopic (exact) mass is 161 g/mol. The minimum absolute atomic E-state index is 0.846. The summed E-state index contributed by atoms with van der Waals surface area (Å²) in [6.45, 7) is 1.26. The maximum absolute atomic E-state index is 3.64. The van der Waals surface area contributed by atoms with Gasteiger partial charge in [-0.25, -0.2) is 0 Å². The fraction of sp³-hybridized carbons (Fsp3) is 1.00. The Morgan fingerprint density at radius 2 is 2.08 bits per heavy atom. The Kier molecular flexibility index (Phi) is 6.21. The fourth-order valence-corrected chi connectivity index (χ4v) is 1.99. The third-order valence-electron chi connectivity index (χ3n) is 2.82. The van der Waals surface area contributed by atoms with Crippen molar-refractivity contribution in [2.45, 2.75) is 56.1 Å². The molecule has 0 aromatic rings.